The quantitative estimate of drug-likeness (QED) is 0.778. The van der Waals surface area contributed by atoms with Crippen molar-refractivity contribution >= 4 is 21.6 Å². The van der Waals surface area contributed by atoms with Gasteiger partial charge in [-0.1, -0.05) is 28.1 Å². The summed E-state index contributed by atoms with van der Waals surface area (Å²) in [7, 11) is 0. The van der Waals surface area contributed by atoms with Crippen LogP contribution in [0.15, 0.2) is 40.9 Å². The maximum atomic E-state index is 13.5. The molecule has 0 aromatic heterocycles. The summed E-state index contributed by atoms with van der Waals surface area (Å²) in [5.74, 6) is -3.87. The number of nitrogens with one attached hydrogen (secondary N) is 1. The van der Waals surface area contributed by atoms with Crippen LogP contribution in [0.1, 0.15) is 18.5 Å². The molecule has 0 radical (unpaired) electrons. The van der Waals surface area contributed by atoms with Crippen LogP contribution in [0, 0.1) is 17.5 Å². The lowest BCUT2D eigenvalue weighted by molar-refractivity contribution is 0.448. The van der Waals surface area contributed by atoms with E-state index >= 15 is 0 Å². The minimum Gasteiger partial charge on any atom is -0.376 e. The molecule has 2 aromatic carbocycles. The zero-order chi connectivity index (χ0) is 14.0. The van der Waals surface area contributed by atoms with Crippen LogP contribution in [-0.4, -0.2) is 0 Å². The highest BCUT2D eigenvalue weighted by Crippen LogP contribution is 2.25. The zero-order valence-corrected chi connectivity index (χ0v) is 11.6. The molecule has 0 bridgehead atoms. The minimum absolute atomic E-state index is 0.0635. The van der Waals surface area contributed by atoms with E-state index in [-0.39, 0.29) is 11.7 Å². The molecule has 0 aliphatic carbocycles. The summed E-state index contributed by atoms with van der Waals surface area (Å²) in [4.78, 5) is 0. The van der Waals surface area contributed by atoms with Crippen molar-refractivity contribution in [3.8, 4) is 0 Å². The van der Waals surface area contributed by atoms with Gasteiger partial charge in [-0.2, -0.15) is 0 Å². The SMILES string of the molecule is CC(Nc1ccc(F)c(F)c1F)c1cccc(Br)c1. The van der Waals surface area contributed by atoms with E-state index in [1.165, 1.54) is 6.07 Å². The topological polar surface area (TPSA) is 12.0 Å². The predicted molar refractivity (Wildman–Crippen MR) is 72.5 cm³/mol. The van der Waals surface area contributed by atoms with Gasteiger partial charge in [-0.05, 0) is 36.8 Å². The van der Waals surface area contributed by atoms with E-state index in [0.717, 1.165) is 16.1 Å². The number of hydrogen-bond donors (Lipinski definition) is 1. The number of hydrogen-bond acceptors (Lipinski definition) is 1. The molecule has 0 aliphatic heterocycles. The highest BCUT2D eigenvalue weighted by Gasteiger charge is 2.15. The van der Waals surface area contributed by atoms with Gasteiger partial charge in [-0.25, -0.2) is 13.2 Å². The molecular weight excluding hydrogens is 319 g/mol. The third-order valence-corrected chi connectivity index (χ3v) is 3.25. The number of halogens is 4. The van der Waals surface area contributed by atoms with Crippen LogP contribution in [0.25, 0.3) is 0 Å². The van der Waals surface area contributed by atoms with Crippen molar-refractivity contribution in [2.75, 3.05) is 5.32 Å². The lowest BCUT2D eigenvalue weighted by atomic mass is 10.1. The van der Waals surface area contributed by atoms with Crippen LogP contribution in [0.3, 0.4) is 0 Å². The van der Waals surface area contributed by atoms with Crippen molar-refractivity contribution in [1.82, 2.24) is 0 Å². The molecule has 0 spiro atoms. The number of rotatable bonds is 3. The van der Waals surface area contributed by atoms with E-state index < -0.39 is 17.5 Å². The van der Waals surface area contributed by atoms with Gasteiger partial charge < -0.3 is 5.32 Å². The fraction of sp³-hybridized carbons (Fsp3) is 0.143. The van der Waals surface area contributed by atoms with Crippen LogP contribution in [-0.2, 0) is 0 Å². The van der Waals surface area contributed by atoms with Gasteiger partial charge in [-0.3, -0.25) is 0 Å². The Morgan fingerprint density at radius 1 is 1.05 bits per heavy atom. The first-order chi connectivity index (χ1) is 8.99. The molecule has 2 rings (SSSR count). The molecule has 0 fully saturated rings. The normalized spacial score (nSPS) is 12.3. The van der Waals surface area contributed by atoms with Crippen LogP contribution < -0.4 is 5.32 Å². The molecule has 5 heteroatoms. The average Bonchev–Trinajstić information content (AvgIpc) is 2.39. The summed E-state index contributed by atoms with van der Waals surface area (Å²) in [5.41, 5.74) is 0.838. The van der Waals surface area contributed by atoms with E-state index in [1.807, 2.05) is 31.2 Å². The molecule has 1 unspecified atom stereocenters. The molecule has 1 nitrogen and oxygen atoms in total. The molecule has 0 heterocycles. The van der Waals surface area contributed by atoms with Gasteiger partial charge in [0.2, 0.25) is 0 Å². The van der Waals surface area contributed by atoms with Crippen molar-refractivity contribution in [3.05, 3.63) is 63.9 Å². The molecule has 100 valence electrons. The summed E-state index contributed by atoms with van der Waals surface area (Å²) in [6.07, 6.45) is 0. The second-order valence-corrected chi connectivity index (χ2v) is 5.06. The van der Waals surface area contributed by atoms with Gasteiger partial charge in [0, 0.05) is 10.5 Å². The molecule has 0 amide bonds. The maximum absolute atomic E-state index is 13.5. The summed E-state index contributed by atoms with van der Waals surface area (Å²) >= 11 is 3.34. The van der Waals surface area contributed by atoms with Gasteiger partial charge in [0.1, 0.15) is 0 Å². The van der Waals surface area contributed by atoms with Crippen LogP contribution in [0.2, 0.25) is 0 Å². The van der Waals surface area contributed by atoms with Gasteiger partial charge >= 0.3 is 0 Å². The van der Waals surface area contributed by atoms with Crippen LogP contribution in [0.4, 0.5) is 18.9 Å². The van der Waals surface area contributed by atoms with Gasteiger partial charge in [-0.15, -0.1) is 0 Å². The first-order valence-electron chi connectivity index (χ1n) is 5.64. The Labute approximate surface area is 117 Å². The van der Waals surface area contributed by atoms with Crippen molar-refractivity contribution in [3.63, 3.8) is 0 Å². The monoisotopic (exact) mass is 329 g/mol. The molecule has 1 N–H and O–H groups in total. The molecule has 19 heavy (non-hydrogen) atoms. The zero-order valence-electron chi connectivity index (χ0n) is 10.1. The smallest absolute Gasteiger partial charge is 0.196 e. The first kappa shape index (κ1) is 13.9. The van der Waals surface area contributed by atoms with Crippen LogP contribution in [0.5, 0.6) is 0 Å². The Kier molecular flexibility index (Phi) is 4.14. The van der Waals surface area contributed by atoms with Crippen molar-refractivity contribution in [2.24, 2.45) is 0 Å². The number of benzene rings is 2. The summed E-state index contributed by atoms with van der Waals surface area (Å²) in [6, 6.07) is 9.29. The molecular formula is C14H11BrF3N. The Bertz CT molecular complexity index is 601. The van der Waals surface area contributed by atoms with Crippen molar-refractivity contribution in [2.45, 2.75) is 13.0 Å². The van der Waals surface area contributed by atoms with Gasteiger partial charge in [0.15, 0.2) is 17.5 Å². The molecule has 0 aliphatic rings. The first-order valence-corrected chi connectivity index (χ1v) is 6.44. The third-order valence-electron chi connectivity index (χ3n) is 2.76. The van der Waals surface area contributed by atoms with Gasteiger partial charge in [0.05, 0.1) is 5.69 Å². The van der Waals surface area contributed by atoms with E-state index in [2.05, 4.69) is 21.2 Å². The molecule has 1 atom stereocenters. The van der Waals surface area contributed by atoms with E-state index in [4.69, 9.17) is 0 Å². The highest BCUT2D eigenvalue weighted by molar-refractivity contribution is 9.10. The Morgan fingerprint density at radius 2 is 1.79 bits per heavy atom. The standard InChI is InChI=1S/C14H11BrF3N/c1-8(9-3-2-4-10(15)7-9)19-12-6-5-11(16)13(17)14(12)18/h2-8,19H,1H3. The van der Waals surface area contributed by atoms with E-state index in [9.17, 15) is 13.2 Å². The molecule has 0 saturated heterocycles. The Balaban J connectivity index is 2.24. The maximum Gasteiger partial charge on any atom is 0.196 e. The molecule has 2 aromatic rings. The highest BCUT2D eigenvalue weighted by atomic mass is 79.9. The Hall–Kier alpha value is -1.49. The van der Waals surface area contributed by atoms with Gasteiger partial charge in [0.25, 0.3) is 0 Å². The third kappa shape index (κ3) is 3.10. The predicted octanol–water partition coefficient (Wildman–Crippen LogP) is 5.04. The van der Waals surface area contributed by atoms with E-state index in [0.29, 0.717) is 0 Å². The lowest BCUT2D eigenvalue weighted by Gasteiger charge is -2.16. The number of anilines is 1. The van der Waals surface area contributed by atoms with Crippen LogP contribution >= 0.6 is 15.9 Å². The summed E-state index contributed by atoms with van der Waals surface area (Å²) < 4.78 is 40.4. The minimum atomic E-state index is -1.47. The Morgan fingerprint density at radius 3 is 2.47 bits per heavy atom. The van der Waals surface area contributed by atoms with Crippen molar-refractivity contribution < 1.29 is 13.2 Å². The second kappa shape index (κ2) is 5.65. The fourth-order valence-electron chi connectivity index (χ4n) is 1.73. The second-order valence-electron chi connectivity index (χ2n) is 4.14. The summed E-state index contributed by atoms with van der Waals surface area (Å²) in [5, 5.41) is 2.82. The fourth-order valence-corrected chi connectivity index (χ4v) is 2.15. The summed E-state index contributed by atoms with van der Waals surface area (Å²) in [6.45, 7) is 1.81. The largest absolute Gasteiger partial charge is 0.376 e. The van der Waals surface area contributed by atoms with E-state index in [1.54, 1.807) is 0 Å². The molecule has 0 saturated carbocycles. The van der Waals surface area contributed by atoms with Crippen molar-refractivity contribution in [1.29, 1.82) is 0 Å². The lowest BCUT2D eigenvalue weighted by Crippen LogP contribution is -2.09. The average molecular weight is 330 g/mol.